The summed E-state index contributed by atoms with van der Waals surface area (Å²) >= 11 is 1.13. The third-order valence-corrected chi connectivity index (χ3v) is 3.93. The van der Waals surface area contributed by atoms with Crippen LogP contribution in [0.5, 0.6) is 5.75 Å². The fourth-order valence-corrected chi connectivity index (χ4v) is 2.67. The molecule has 5 heteroatoms. The first kappa shape index (κ1) is 9.00. The van der Waals surface area contributed by atoms with Crippen LogP contribution >= 0.6 is 11.8 Å². The molecule has 0 aliphatic carbocycles. The molecule has 0 bridgehead atoms. The number of benzene rings is 2. The molecule has 0 atom stereocenters. The third kappa shape index (κ3) is 3.49. The molecule has 0 spiro atoms. The Morgan fingerprint density at radius 1 is 1.24 bits per heavy atom. The maximum atomic E-state index is 12.9. The molecule has 0 saturated heterocycles. The van der Waals surface area contributed by atoms with E-state index in [4.69, 9.17) is 18.7 Å². The van der Waals surface area contributed by atoms with Gasteiger partial charge in [-0.05, 0) is 30.3 Å². The van der Waals surface area contributed by atoms with E-state index < -0.39 is 19.9 Å². The van der Waals surface area contributed by atoms with Gasteiger partial charge in [-0.1, -0.05) is 23.9 Å². The van der Waals surface area contributed by atoms with Crippen LogP contribution in [0.4, 0.5) is 5.69 Å². The molecule has 0 radical (unpaired) electrons. The van der Waals surface area contributed by atoms with Crippen LogP contribution in [0.25, 0.3) is 0 Å². The van der Waals surface area contributed by atoms with Gasteiger partial charge in [-0.2, -0.15) is 0 Å². The maximum Gasteiger partial charge on any atom is 0.254 e. The van der Waals surface area contributed by atoms with Gasteiger partial charge in [-0.25, -0.2) is 0 Å². The smallest absolute Gasteiger partial charge is 0.254 e. The standard InChI is InChI=1S/C16H18N2O2S/c1-18(2)16(19)12-10-11(20-3)8-9-14(12)21-15-7-5-4-6-13(15)17/h4-10H,17H2,1-3H3/i1D3,2D3. The number of ether oxygens (including phenoxy) is 1. The van der Waals surface area contributed by atoms with Crippen molar-refractivity contribution in [3.05, 3.63) is 48.0 Å². The van der Waals surface area contributed by atoms with Gasteiger partial charge in [0, 0.05) is 37.7 Å². The van der Waals surface area contributed by atoms with Gasteiger partial charge < -0.3 is 15.4 Å². The number of para-hydroxylation sites is 1. The Hall–Kier alpha value is -2.14. The van der Waals surface area contributed by atoms with Gasteiger partial charge in [0.2, 0.25) is 0 Å². The summed E-state index contributed by atoms with van der Waals surface area (Å²) in [5.41, 5.74) is 6.30. The number of methoxy groups -OCH3 is 1. The highest BCUT2D eigenvalue weighted by atomic mass is 32.2. The number of carbonyl (C=O) groups is 1. The number of nitrogens with zero attached hydrogens (tertiary/aromatic N) is 1. The summed E-state index contributed by atoms with van der Waals surface area (Å²) in [6.45, 7) is -6.28. The number of hydrogen-bond acceptors (Lipinski definition) is 4. The van der Waals surface area contributed by atoms with E-state index >= 15 is 0 Å². The molecule has 1 amide bonds. The van der Waals surface area contributed by atoms with Crippen molar-refractivity contribution in [1.29, 1.82) is 0 Å². The number of amides is 1. The minimum absolute atomic E-state index is 0.0762. The van der Waals surface area contributed by atoms with Crippen molar-refractivity contribution < 1.29 is 17.8 Å². The van der Waals surface area contributed by atoms with Crippen molar-refractivity contribution in [3.8, 4) is 5.75 Å². The zero-order chi connectivity index (χ0) is 20.4. The molecule has 21 heavy (non-hydrogen) atoms. The monoisotopic (exact) mass is 308 g/mol. The van der Waals surface area contributed by atoms with Crippen LogP contribution in [0.3, 0.4) is 0 Å². The molecule has 0 aliphatic heterocycles. The molecule has 0 aromatic heterocycles. The molecule has 4 nitrogen and oxygen atoms in total. The fraction of sp³-hybridized carbons (Fsp3) is 0.188. The Balaban J connectivity index is 2.56. The van der Waals surface area contributed by atoms with Crippen molar-refractivity contribution in [2.45, 2.75) is 9.79 Å². The Morgan fingerprint density at radius 2 is 2.00 bits per heavy atom. The molecule has 2 aromatic rings. The maximum absolute atomic E-state index is 12.9. The van der Waals surface area contributed by atoms with E-state index in [1.165, 1.54) is 13.2 Å². The molecular weight excluding hydrogens is 284 g/mol. The van der Waals surface area contributed by atoms with E-state index in [9.17, 15) is 4.79 Å². The minimum Gasteiger partial charge on any atom is -0.497 e. The van der Waals surface area contributed by atoms with Crippen LogP contribution in [0.15, 0.2) is 52.3 Å². The number of nitrogens with two attached hydrogens (primary N) is 1. The molecule has 0 saturated carbocycles. The summed E-state index contributed by atoms with van der Waals surface area (Å²) in [5, 5.41) is 0. The summed E-state index contributed by atoms with van der Waals surface area (Å²) in [7, 11) is 1.39. The van der Waals surface area contributed by atoms with Gasteiger partial charge in [0.1, 0.15) is 5.75 Å². The first-order valence-electron chi connectivity index (χ1n) is 9.00. The lowest BCUT2D eigenvalue weighted by molar-refractivity contribution is 0.0824. The van der Waals surface area contributed by atoms with Crippen molar-refractivity contribution in [1.82, 2.24) is 4.90 Å². The molecule has 110 valence electrons. The summed E-state index contributed by atoms with van der Waals surface area (Å²) in [6.07, 6.45) is 0. The number of nitrogen functional groups attached to an aromatic ring is 1. The van der Waals surface area contributed by atoms with Crippen LogP contribution in [0.1, 0.15) is 18.6 Å². The highest BCUT2D eigenvalue weighted by Gasteiger charge is 2.16. The van der Waals surface area contributed by atoms with Crippen LogP contribution in [-0.4, -0.2) is 31.9 Å². The molecule has 2 N–H and O–H groups in total. The van der Waals surface area contributed by atoms with Crippen molar-refractivity contribution in [2.75, 3.05) is 26.8 Å². The van der Waals surface area contributed by atoms with E-state index in [0.717, 1.165) is 11.8 Å². The molecule has 0 unspecified atom stereocenters. The zero-order valence-corrected chi connectivity index (χ0v) is 12.1. The van der Waals surface area contributed by atoms with Gasteiger partial charge >= 0.3 is 0 Å². The van der Waals surface area contributed by atoms with E-state index in [2.05, 4.69) is 0 Å². The highest BCUT2D eigenvalue weighted by Crippen LogP contribution is 2.35. The van der Waals surface area contributed by atoms with Crippen molar-refractivity contribution in [2.24, 2.45) is 0 Å². The van der Waals surface area contributed by atoms with Gasteiger partial charge in [-0.15, -0.1) is 0 Å². The van der Waals surface area contributed by atoms with E-state index in [1.807, 2.05) is 0 Å². The normalized spacial score (nSPS) is 15.7. The van der Waals surface area contributed by atoms with E-state index in [-0.39, 0.29) is 10.5 Å². The quantitative estimate of drug-likeness (QED) is 0.882. The Kier molecular flexibility index (Phi) is 2.80. The topological polar surface area (TPSA) is 55.6 Å². The lowest BCUT2D eigenvalue weighted by Gasteiger charge is -2.15. The van der Waals surface area contributed by atoms with Crippen LogP contribution in [0.2, 0.25) is 0 Å². The molecule has 2 rings (SSSR count). The lowest BCUT2D eigenvalue weighted by atomic mass is 10.2. The Bertz CT molecular complexity index is 824. The van der Waals surface area contributed by atoms with Crippen LogP contribution in [-0.2, 0) is 0 Å². The first-order valence-corrected chi connectivity index (χ1v) is 6.82. The number of hydrogen-bond donors (Lipinski definition) is 1. The summed E-state index contributed by atoms with van der Waals surface area (Å²) in [5.74, 6) is -0.856. The molecule has 0 fully saturated rings. The number of rotatable bonds is 4. The van der Waals surface area contributed by atoms with Gasteiger partial charge in [0.25, 0.3) is 5.91 Å². The predicted molar refractivity (Wildman–Crippen MR) is 86.0 cm³/mol. The second-order valence-corrected chi connectivity index (χ2v) is 5.23. The largest absolute Gasteiger partial charge is 0.497 e. The average molecular weight is 308 g/mol. The molecule has 0 aliphatic rings. The van der Waals surface area contributed by atoms with Gasteiger partial charge in [0.15, 0.2) is 0 Å². The fourth-order valence-electron chi connectivity index (χ4n) is 1.70. The van der Waals surface area contributed by atoms with E-state index in [1.54, 1.807) is 36.4 Å². The zero-order valence-electron chi connectivity index (χ0n) is 17.3. The number of anilines is 1. The summed E-state index contributed by atoms with van der Waals surface area (Å²) in [6, 6.07) is 11.4. The van der Waals surface area contributed by atoms with Crippen LogP contribution < -0.4 is 10.5 Å². The van der Waals surface area contributed by atoms with E-state index in [0.29, 0.717) is 21.2 Å². The highest BCUT2D eigenvalue weighted by molar-refractivity contribution is 7.99. The first-order chi connectivity index (χ1) is 12.4. The average Bonchev–Trinajstić information content (AvgIpc) is 2.54. The molecule has 2 aromatic carbocycles. The SMILES string of the molecule is [2H]C([2H])([2H])N(C(=O)c1cc(OC)ccc1Sc1ccccc1N)C([2H])([2H])[2H]. The van der Waals surface area contributed by atoms with Crippen molar-refractivity contribution >= 4 is 23.4 Å². The summed E-state index contributed by atoms with van der Waals surface area (Å²) in [4.78, 5) is 13.8. The minimum atomic E-state index is -3.14. The van der Waals surface area contributed by atoms with Crippen molar-refractivity contribution in [3.63, 3.8) is 0 Å². The lowest BCUT2D eigenvalue weighted by Crippen LogP contribution is -2.22. The second kappa shape index (κ2) is 6.54. The second-order valence-electron chi connectivity index (χ2n) is 4.14. The Labute approximate surface area is 137 Å². The molecule has 0 heterocycles. The van der Waals surface area contributed by atoms with Gasteiger partial charge in [-0.3, -0.25) is 4.79 Å². The van der Waals surface area contributed by atoms with Gasteiger partial charge in [0.05, 0.1) is 12.7 Å². The predicted octanol–water partition coefficient (Wildman–Crippen LogP) is 3.13. The Morgan fingerprint density at radius 3 is 2.67 bits per heavy atom. The third-order valence-electron chi connectivity index (χ3n) is 2.76. The van der Waals surface area contributed by atoms with Crippen LogP contribution in [0, 0.1) is 0 Å². The molecular formula is C16H18N2O2S. The number of carbonyl (C=O) groups excluding carboxylic acids is 1. The summed E-state index contributed by atoms with van der Waals surface area (Å²) < 4.78 is 49.9.